The van der Waals surface area contributed by atoms with Crippen LogP contribution in [0.1, 0.15) is 15.9 Å². The molecule has 0 radical (unpaired) electrons. The minimum Gasteiger partial charge on any atom is -0.298 e. The van der Waals surface area contributed by atoms with Crippen LogP contribution in [-0.4, -0.2) is 17.1 Å². The summed E-state index contributed by atoms with van der Waals surface area (Å²) < 4.78 is 0. The Balaban J connectivity index is 3.20. The SMILES string of the molecule is O=Cc1cc([N+](=O)[O-])ccc1C#CCCl. The minimum absolute atomic E-state index is 0.131. The first-order valence-electron chi connectivity index (χ1n) is 3.97. The maximum Gasteiger partial charge on any atom is 0.270 e. The number of nitrogens with zero attached hydrogens (tertiary/aromatic N) is 1. The van der Waals surface area contributed by atoms with Gasteiger partial charge in [-0.3, -0.25) is 14.9 Å². The molecule has 0 atom stereocenters. The van der Waals surface area contributed by atoms with E-state index in [1.165, 1.54) is 18.2 Å². The van der Waals surface area contributed by atoms with Gasteiger partial charge in [-0.15, -0.1) is 11.6 Å². The van der Waals surface area contributed by atoms with Gasteiger partial charge >= 0.3 is 0 Å². The molecule has 0 aromatic heterocycles. The summed E-state index contributed by atoms with van der Waals surface area (Å²) in [5.41, 5.74) is 0.506. The molecule has 76 valence electrons. The number of rotatable bonds is 2. The first-order valence-corrected chi connectivity index (χ1v) is 4.51. The average Bonchev–Trinajstić information content (AvgIpc) is 2.25. The Morgan fingerprint density at radius 3 is 2.80 bits per heavy atom. The van der Waals surface area contributed by atoms with Gasteiger partial charge in [0.25, 0.3) is 5.69 Å². The van der Waals surface area contributed by atoms with Crippen molar-refractivity contribution in [1.29, 1.82) is 0 Å². The van der Waals surface area contributed by atoms with E-state index in [1.807, 2.05) is 0 Å². The zero-order valence-corrected chi connectivity index (χ0v) is 8.32. The highest BCUT2D eigenvalue weighted by molar-refractivity contribution is 6.19. The lowest BCUT2D eigenvalue weighted by Crippen LogP contribution is -1.93. The van der Waals surface area contributed by atoms with Crippen LogP contribution in [-0.2, 0) is 0 Å². The highest BCUT2D eigenvalue weighted by atomic mass is 35.5. The predicted octanol–water partition coefficient (Wildman–Crippen LogP) is 2.00. The fourth-order valence-corrected chi connectivity index (χ4v) is 1.07. The maximum absolute atomic E-state index is 10.6. The van der Waals surface area contributed by atoms with Crippen LogP contribution < -0.4 is 0 Å². The molecule has 1 aromatic carbocycles. The third-order valence-electron chi connectivity index (χ3n) is 1.66. The van der Waals surface area contributed by atoms with Crippen LogP contribution in [0.15, 0.2) is 18.2 Å². The molecule has 0 heterocycles. The molecule has 0 saturated carbocycles. The molecule has 5 heteroatoms. The number of benzene rings is 1. The van der Waals surface area contributed by atoms with Gasteiger partial charge in [-0.25, -0.2) is 0 Å². The first-order chi connectivity index (χ1) is 7.19. The van der Waals surface area contributed by atoms with Gasteiger partial charge in [-0.2, -0.15) is 0 Å². The topological polar surface area (TPSA) is 60.2 Å². The van der Waals surface area contributed by atoms with Crippen LogP contribution in [0.5, 0.6) is 0 Å². The van der Waals surface area contributed by atoms with Crippen molar-refractivity contribution in [3.8, 4) is 11.8 Å². The highest BCUT2D eigenvalue weighted by Gasteiger charge is 2.08. The van der Waals surface area contributed by atoms with E-state index in [2.05, 4.69) is 11.8 Å². The van der Waals surface area contributed by atoms with E-state index >= 15 is 0 Å². The fourth-order valence-electron chi connectivity index (χ4n) is 1.00. The van der Waals surface area contributed by atoms with E-state index in [-0.39, 0.29) is 17.1 Å². The summed E-state index contributed by atoms with van der Waals surface area (Å²) in [5, 5.41) is 10.4. The first kappa shape index (κ1) is 11.2. The molecule has 0 saturated heterocycles. The Labute approximate surface area is 91.0 Å². The number of nitro groups is 1. The van der Waals surface area contributed by atoms with E-state index in [0.29, 0.717) is 11.8 Å². The minimum atomic E-state index is -0.564. The summed E-state index contributed by atoms with van der Waals surface area (Å²) in [6.45, 7) is 0. The van der Waals surface area contributed by atoms with E-state index < -0.39 is 4.92 Å². The number of non-ortho nitro benzene ring substituents is 1. The Morgan fingerprint density at radius 2 is 2.27 bits per heavy atom. The van der Waals surface area contributed by atoms with Crippen molar-refractivity contribution < 1.29 is 9.72 Å². The van der Waals surface area contributed by atoms with Crippen molar-refractivity contribution in [1.82, 2.24) is 0 Å². The molecular formula is C10H6ClNO3. The number of carbonyl (C=O) groups excluding carboxylic acids is 1. The fraction of sp³-hybridized carbons (Fsp3) is 0.100. The lowest BCUT2D eigenvalue weighted by molar-refractivity contribution is -0.384. The van der Waals surface area contributed by atoms with Gasteiger partial charge in [0.15, 0.2) is 6.29 Å². The van der Waals surface area contributed by atoms with Crippen LogP contribution in [0.2, 0.25) is 0 Å². The van der Waals surface area contributed by atoms with Crippen LogP contribution >= 0.6 is 11.6 Å². The second-order valence-corrected chi connectivity index (χ2v) is 2.85. The number of hydrogen-bond donors (Lipinski definition) is 0. The molecule has 0 unspecified atom stereocenters. The second kappa shape index (κ2) is 5.13. The van der Waals surface area contributed by atoms with E-state index in [0.717, 1.165) is 0 Å². The van der Waals surface area contributed by atoms with Gasteiger partial charge in [0.2, 0.25) is 0 Å². The molecule has 0 aliphatic heterocycles. The predicted molar refractivity (Wildman–Crippen MR) is 56.1 cm³/mol. The number of carbonyl (C=O) groups is 1. The molecule has 4 nitrogen and oxygen atoms in total. The Bertz CT molecular complexity index is 459. The van der Waals surface area contributed by atoms with Gasteiger partial charge in [-0.1, -0.05) is 11.8 Å². The summed E-state index contributed by atoms with van der Waals surface area (Å²) in [6.07, 6.45) is 0.533. The smallest absolute Gasteiger partial charge is 0.270 e. The van der Waals surface area contributed by atoms with Crippen molar-refractivity contribution in [3.63, 3.8) is 0 Å². The molecule has 0 bridgehead atoms. The number of alkyl halides is 1. The van der Waals surface area contributed by atoms with Crippen molar-refractivity contribution in [2.45, 2.75) is 0 Å². The van der Waals surface area contributed by atoms with Gasteiger partial charge in [0.1, 0.15) is 0 Å². The standard InChI is InChI=1S/C10H6ClNO3/c11-5-1-2-8-3-4-10(12(14)15)6-9(8)7-13/h3-4,6-7H,5H2. The van der Waals surface area contributed by atoms with Crippen molar-refractivity contribution in [2.24, 2.45) is 0 Å². The quantitative estimate of drug-likeness (QED) is 0.253. The van der Waals surface area contributed by atoms with Crippen LogP contribution in [0.25, 0.3) is 0 Å². The largest absolute Gasteiger partial charge is 0.298 e. The van der Waals surface area contributed by atoms with Crippen molar-refractivity contribution in [2.75, 3.05) is 5.88 Å². The Kier molecular flexibility index (Phi) is 3.83. The molecule has 1 aromatic rings. The molecular weight excluding hydrogens is 218 g/mol. The molecule has 15 heavy (non-hydrogen) atoms. The summed E-state index contributed by atoms with van der Waals surface area (Å²) in [6, 6.07) is 3.91. The number of nitro benzene ring substituents is 1. The number of aldehydes is 1. The summed E-state index contributed by atoms with van der Waals surface area (Å²) in [5.74, 6) is 5.37. The van der Waals surface area contributed by atoms with Crippen molar-refractivity contribution >= 4 is 23.6 Å². The van der Waals surface area contributed by atoms with E-state index in [9.17, 15) is 14.9 Å². The molecule has 0 spiro atoms. The number of hydrogen-bond acceptors (Lipinski definition) is 3. The second-order valence-electron chi connectivity index (χ2n) is 2.58. The van der Waals surface area contributed by atoms with Gasteiger partial charge in [0.05, 0.1) is 10.8 Å². The zero-order valence-electron chi connectivity index (χ0n) is 7.57. The molecule has 0 aliphatic carbocycles. The maximum atomic E-state index is 10.6. The summed E-state index contributed by atoms with van der Waals surface area (Å²) >= 11 is 5.36. The van der Waals surface area contributed by atoms with Gasteiger partial charge in [-0.05, 0) is 6.07 Å². The normalized spacial score (nSPS) is 8.87. The molecule has 0 aliphatic rings. The monoisotopic (exact) mass is 223 g/mol. The Hall–Kier alpha value is -1.86. The van der Waals surface area contributed by atoms with Gasteiger partial charge < -0.3 is 0 Å². The molecule has 0 fully saturated rings. The molecule has 0 N–H and O–H groups in total. The number of halogens is 1. The Morgan fingerprint density at radius 1 is 1.53 bits per heavy atom. The van der Waals surface area contributed by atoms with E-state index in [4.69, 9.17) is 11.6 Å². The molecule has 1 rings (SSSR count). The van der Waals surface area contributed by atoms with E-state index in [1.54, 1.807) is 0 Å². The lowest BCUT2D eigenvalue weighted by atomic mass is 10.1. The van der Waals surface area contributed by atoms with Crippen LogP contribution in [0.3, 0.4) is 0 Å². The summed E-state index contributed by atoms with van der Waals surface area (Å²) in [7, 11) is 0. The lowest BCUT2D eigenvalue weighted by Gasteiger charge is -1.96. The third-order valence-corrected chi connectivity index (χ3v) is 1.80. The molecule has 0 amide bonds. The van der Waals surface area contributed by atoms with Crippen molar-refractivity contribution in [3.05, 3.63) is 39.4 Å². The summed E-state index contributed by atoms with van der Waals surface area (Å²) in [4.78, 5) is 20.5. The average molecular weight is 224 g/mol. The highest BCUT2D eigenvalue weighted by Crippen LogP contribution is 2.15. The van der Waals surface area contributed by atoms with Crippen LogP contribution in [0, 0.1) is 22.0 Å². The zero-order chi connectivity index (χ0) is 11.3. The van der Waals surface area contributed by atoms with Gasteiger partial charge in [0, 0.05) is 23.3 Å². The van der Waals surface area contributed by atoms with Crippen LogP contribution in [0.4, 0.5) is 5.69 Å². The third kappa shape index (κ3) is 2.79.